The lowest BCUT2D eigenvalue weighted by Crippen LogP contribution is -2.05. The van der Waals surface area contributed by atoms with Crippen molar-refractivity contribution >= 4 is 28.4 Å². The molecule has 1 aromatic heterocycles. The highest BCUT2D eigenvalue weighted by atomic mass is 127. The Kier molecular flexibility index (Phi) is 5.33. The quantitative estimate of drug-likeness (QED) is 0.773. The van der Waals surface area contributed by atoms with Crippen molar-refractivity contribution in [3.05, 3.63) is 33.3 Å². The molecule has 0 atom stereocenters. The molecule has 0 aliphatic heterocycles. The second-order valence-corrected chi connectivity index (χ2v) is 5.58. The van der Waals surface area contributed by atoms with Gasteiger partial charge in [-0.2, -0.15) is 0 Å². The second kappa shape index (κ2) is 7.02. The van der Waals surface area contributed by atoms with Gasteiger partial charge < -0.3 is 10.1 Å². The molecule has 2 aromatic rings. The average Bonchev–Trinajstić information content (AvgIpc) is 2.50. The van der Waals surface area contributed by atoms with Gasteiger partial charge in [0.05, 0.1) is 16.4 Å². The zero-order valence-corrected chi connectivity index (χ0v) is 14.4. The average molecular weight is 401 g/mol. The highest BCUT2D eigenvalue weighted by molar-refractivity contribution is 14.1. The predicted molar refractivity (Wildman–Crippen MR) is 90.2 cm³/mol. The molecule has 0 bridgehead atoms. The van der Waals surface area contributed by atoms with E-state index in [1.165, 1.54) is 13.2 Å². The van der Waals surface area contributed by atoms with Crippen LogP contribution in [0.1, 0.15) is 19.0 Å². The molecule has 0 spiro atoms. The topological polar surface area (TPSA) is 47.0 Å². The number of nitrogens with zero attached hydrogens (tertiary/aromatic N) is 2. The van der Waals surface area contributed by atoms with Crippen molar-refractivity contribution in [2.24, 2.45) is 0 Å². The third-order valence-electron chi connectivity index (χ3n) is 3.05. The van der Waals surface area contributed by atoms with E-state index < -0.39 is 5.82 Å². The number of anilines is 1. The molecule has 0 fully saturated rings. The van der Waals surface area contributed by atoms with E-state index in [4.69, 9.17) is 4.74 Å². The maximum Gasteiger partial charge on any atom is 0.165 e. The van der Waals surface area contributed by atoms with Crippen molar-refractivity contribution in [2.45, 2.75) is 19.8 Å². The first-order chi connectivity index (χ1) is 10.1. The number of aryl methyl sites for hydroxylation is 1. The van der Waals surface area contributed by atoms with Crippen LogP contribution in [-0.2, 0) is 6.42 Å². The van der Waals surface area contributed by atoms with Gasteiger partial charge in [0.1, 0.15) is 5.82 Å². The molecule has 0 radical (unpaired) electrons. The summed E-state index contributed by atoms with van der Waals surface area (Å²) in [6.45, 7) is 2.11. The maximum absolute atomic E-state index is 13.5. The van der Waals surface area contributed by atoms with Crippen LogP contribution in [0.4, 0.5) is 10.2 Å². The summed E-state index contributed by atoms with van der Waals surface area (Å²) in [6.07, 6.45) is 1.88. The zero-order valence-electron chi connectivity index (χ0n) is 12.2. The Bertz CT molecular complexity index is 649. The Morgan fingerprint density at radius 3 is 2.71 bits per heavy atom. The molecule has 1 aromatic carbocycles. The van der Waals surface area contributed by atoms with Crippen molar-refractivity contribution < 1.29 is 9.13 Å². The molecule has 21 heavy (non-hydrogen) atoms. The van der Waals surface area contributed by atoms with E-state index in [1.54, 1.807) is 12.1 Å². The van der Waals surface area contributed by atoms with Crippen molar-refractivity contribution in [3.63, 3.8) is 0 Å². The van der Waals surface area contributed by atoms with E-state index in [9.17, 15) is 4.39 Å². The summed E-state index contributed by atoms with van der Waals surface area (Å²) in [5.41, 5.74) is 1.73. The van der Waals surface area contributed by atoms with Gasteiger partial charge in [-0.15, -0.1) is 0 Å². The van der Waals surface area contributed by atoms with Crippen LogP contribution in [0.25, 0.3) is 11.4 Å². The number of hydrogen-bond donors (Lipinski definition) is 1. The van der Waals surface area contributed by atoms with Gasteiger partial charge in [-0.1, -0.05) is 13.3 Å². The van der Waals surface area contributed by atoms with Gasteiger partial charge in [-0.25, -0.2) is 14.4 Å². The lowest BCUT2D eigenvalue weighted by Gasteiger charge is -2.11. The lowest BCUT2D eigenvalue weighted by molar-refractivity contribution is 0.386. The fraction of sp³-hybridized carbons (Fsp3) is 0.333. The number of hydrogen-bond acceptors (Lipinski definition) is 4. The molecular formula is C15H17FIN3O. The molecule has 0 unspecified atom stereocenters. The summed E-state index contributed by atoms with van der Waals surface area (Å²) in [6, 6.07) is 4.65. The number of methoxy groups -OCH3 is 1. The second-order valence-electron chi connectivity index (χ2n) is 4.51. The molecule has 0 amide bonds. The van der Waals surface area contributed by atoms with Crippen molar-refractivity contribution in [1.29, 1.82) is 0 Å². The van der Waals surface area contributed by atoms with Crippen LogP contribution in [0, 0.1) is 9.39 Å². The standard InChI is InChI=1S/C15H17FIN3O/c1-4-5-11-13(17)15(18-2)20-14(19-11)9-6-7-10(16)12(8-9)21-3/h6-8H,4-5H2,1-3H3,(H,18,19,20). The molecule has 0 saturated heterocycles. The Balaban J connectivity index is 2.55. The van der Waals surface area contributed by atoms with Gasteiger partial charge in [0.2, 0.25) is 0 Å². The van der Waals surface area contributed by atoms with Gasteiger partial charge in [-0.3, -0.25) is 0 Å². The largest absolute Gasteiger partial charge is 0.494 e. The van der Waals surface area contributed by atoms with Crippen LogP contribution in [0.2, 0.25) is 0 Å². The minimum absolute atomic E-state index is 0.192. The first kappa shape index (κ1) is 15.9. The van der Waals surface area contributed by atoms with Gasteiger partial charge in [-0.05, 0) is 47.2 Å². The van der Waals surface area contributed by atoms with E-state index >= 15 is 0 Å². The Morgan fingerprint density at radius 1 is 1.33 bits per heavy atom. The van der Waals surface area contributed by atoms with Gasteiger partial charge in [0, 0.05) is 12.6 Å². The van der Waals surface area contributed by atoms with Crippen LogP contribution in [0.5, 0.6) is 5.75 Å². The molecule has 6 heteroatoms. The van der Waals surface area contributed by atoms with Crippen LogP contribution >= 0.6 is 22.6 Å². The van der Waals surface area contributed by atoms with Crippen LogP contribution in [0.3, 0.4) is 0 Å². The molecule has 1 heterocycles. The molecule has 2 rings (SSSR count). The molecule has 1 N–H and O–H groups in total. The molecular weight excluding hydrogens is 384 g/mol. The van der Waals surface area contributed by atoms with Crippen LogP contribution in [0.15, 0.2) is 18.2 Å². The van der Waals surface area contributed by atoms with Crippen LogP contribution < -0.4 is 10.1 Å². The molecule has 0 aliphatic carbocycles. The fourth-order valence-corrected chi connectivity index (χ4v) is 2.77. The van der Waals surface area contributed by atoms with Gasteiger partial charge in [0.15, 0.2) is 17.4 Å². The summed E-state index contributed by atoms with van der Waals surface area (Å²) in [7, 11) is 3.27. The Morgan fingerprint density at radius 2 is 2.10 bits per heavy atom. The summed E-state index contributed by atoms with van der Waals surface area (Å²) in [5.74, 6) is 1.15. The molecule has 112 valence electrons. The van der Waals surface area contributed by atoms with E-state index in [2.05, 4.69) is 44.8 Å². The Hall–Kier alpha value is -1.44. The minimum atomic E-state index is -0.394. The SMILES string of the molecule is CCCc1nc(-c2ccc(F)c(OC)c2)nc(NC)c1I. The van der Waals surface area contributed by atoms with Crippen molar-refractivity contribution in [3.8, 4) is 17.1 Å². The molecule has 0 saturated carbocycles. The molecule has 0 aliphatic rings. The Labute approximate surface area is 137 Å². The number of aromatic nitrogens is 2. The first-order valence-electron chi connectivity index (χ1n) is 6.68. The van der Waals surface area contributed by atoms with Crippen LogP contribution in [-0.4, -0.2) is 24.1 Å². The van der Waals surface area contributed by atoms with E-state index in [1.807, 2.05) is 7.05 Å². The van der Waals surface area contributed by atoms with Crippen molar-refractivity contribution in [2.75, 3.05) is 19.5 Å². The van der Waals surface area contributed by atoms with Crippen molar-refractivity contribution in [1.82, 2.24) is 9.97 Å². The smallest absolute Gasteiger partial charge is 0.165 e. The van der Waals surface area contributed by atoms with E-state index in [0.717, 1.165) is 33.5 Å². The number of rotatable bonds is 5. The van der Waals surface area contributed by atoms with E-state index in [0.29, 0.717) is 5.82 Å². The number of benzene rings is 1. The fourth-order valence-electron chi connectivity index (χ4n) is 1.99. The third-order valence-corrected chi connectivity index (χ3v) is 4.19. The zero-order chi connectivity index (χ0) is 15.4. The monoisotopic (exact) mass is 401 g/mol. The highest BCUT2D eigenvalue weighted by Gasteiger charge is 2.13. The molecule has 4 nitrogen and oxygen atoms in total. The first-order valence-corrected chi connectivity index (χ1v) is 7.76. The predicted octanol–water partition coefficient (Wildman–Crippen LogP) is 3.89. The lowest BCUT2D eigenvalue weighted by atomic mass is 10.1. The summed E-state index contributed by atoms with van der Waals surface area (Å²) >= 11 is 2.25. The minimum Gasteiger partial charge on any atom is -0.494 e. The summed E-state index contributed by atoms with van der Waals surface area (Å²) in [4.78, 5) is 9.11. The van der Waals surface area contributed by atoms with E-state index in [-0.39, 0.29) is 5.75 Å². The van der Waals surface area contributed by atoms with Gasteiger partial charge >= 0.3 is 0 Å². The summed E-state index contributed by atoms with van der Waals surface area (Å²) in [5, 5.41) is 3.08. The highest BCUT2D eigenvalue weighted by Crippen LogP contribution is 2.28. The van der Waals surface area contributed by atoms with Gasteiger partial charge in [0.25, 0.3) is 0 Å². The normalized spacial score (nSPS) is 10.5. The summed E-state index contributed by atoms with van der Waals surface area (Å²) < 4.78 is 19.6. The number of halogens is 2. The third kappa shape index (κ3) is 3.42. The number of ether oxygens (including phenoxy) is 1. The maximum atomic E-state index is 13.5. The number of nitrogens with one attached hydrogen (secondary N) is 1.